The third kappa shape index (κ3) is 4.56. The largest absolute Gasteiger partial charge is 0.350 e. The Kier molecular flexibility index (Phi) is 7.05. The predicted molar refractivity (Wildman–Crippen MR) is 88.0 cm³/mol. The molecule has 2 amide bonds. The molecule has 1 rings (SSSR count). The van der Waals surface area contributed by atoms with Gasteiger partial charge in [0.25, 0.3) is 0 Å². The fourth-order valence-electron chi connectivity index (χ4n) is 2.47. The second-order valence-electron chi connectivity index (χ2n) is 5.62. The van der Waals surface area contributed by atoms with E-state index in [1.807, 2.05) is 44.2 Å². The van der Waals surface area contributed by atoms with E-state index in [1.54, 1.807) is 7.05 Å². The van der Waals surface area contributed by atoms with Crippen molar-refractivity contribution in [1.29, 1.82) is 0 Å². The molecule has 5 heteroatoms. The van der Waals surface area contributed by atoms with Gasteiger partial charge < -0.3 is 16.0 Å². The molecule has 0 aromatic heterocycles. The number of hydrogen-bond acceptors (Lipinski definition) is 3. The van der Waals surface area contributed by atoms with E-state index in [1.165, 1.54) is 4.90 Å². The zero-order valence-electron chi connectivity index (χ0n) is 13.8. The standard InChI is InChI=1S/C17H27N3O2/c1-4-17(5-2,13-18)16(22)20(3)12-15(21)19-11-14-9-7-6-8-10-14/h6-10H,4-5,11-13,18H2,1-3H3,(H,19,21). The summed E-state index contributed by atoms with van der Waals surface area (Å²) in [7, 11) is 1.65. The molecule has 22 heavy (non-hydrogen) atoms. The van der Waals surface area contributed by atoms with Crippen molar-refractivity contribution in [3.8, 4) is 0 Å². The van der Waals surface area contributed by atoms with E-state index < -0.39 is 5.41 Å². The molecule has 0 aliphatic heterocycles. The molecule has 1 aromatic carbocycles. The number of benzene rings is 1. The molecule has 0 heterocycles. The van der Waals surface area contributed by atoms with Crippen LogP contribution in [0.1, 0.15) is 32.3 Å². The van der Waals surface area contributed by atoms with Gasteiger partial charge in [0.1, 0.15) is 0 Å². The lowest BCUT2D eigenvalue weighted by Gasteiger charge is -2.33. The summed E-state index contributed by atoms with van der Waals surface area (Å²) < 4.78 is 0. The fourth-order valence-corrected chi connectivity index (χ4v) is 2.47. The quantitative estimate of drug-likeness (QED) is 0.765. The molecule has 122 valence electrons. The van der Waals surface area contributed by atoms with Crippen LogP contribution in [0.2, 0.25) is 0 Å². The van der Waals surface area contributed by atoms with E-state index in [-0.39, 0.29) is 18.4 Å². The lowest BCUT2D eigenvalue weighted by Crippen LogP contribution is -2.48. The summed E-state index contributed by atoms with van der Waals surface area (Å²) in [4.78, 5) is 26.0. The number of rotatable bonds is 8. The number of carbonyl (C=O) groups excluding carboxylic acids is 2. The third-order valence-electron chi connectivity index (χ3n) is 4.26. The summed E-state index contributed by atoms with van der Waals surface area (Å²) in [6.07, 6.45) is 1.35. The molecule has 0 aliphatic rings. The first-order valence-electron chi connectivity index (χ1n) is 7.75. The Hall–Kier alpha value is -1.88. The van der Waals surface area contributed by atoms with Crippen LogP contribution in [0.5, 0.6) is 0 Å². The first-order chi connectivity index (χ1) is 10.5. The van der Waals surface area contributed by atoms with Crippen LogP contribution < -0.4 is 11.1 Å². The average molecular weight is 305 g/mol. The topological polar surface area (TPSA) is 75.4 Å². The maximum atomic E-state index is 12.5. The Morgan fingerprint density at radius 2 is 1.77 bits per heavy atom. The number of nitrogens with one attached hydrogen (secondary N) is 1. The zero-order valence-corrected chi connectivity index (χ0v) is 13.8. The van der Waals surface area contributed by atoms with Crippen molar-refractivity contribution in [2.45, 2.75) is 33.2 Å². The summed E-state index contributed by atoms with van der Waals surface area (Å²) in [5.41, 5.74) is 6.25. The van der Waals surface area contributed by atoms with Crippen LogP contribution in [0, 0.1) is 5.41 Å². The van der Waals surface area contributed by atoms with Crippen LogP contribution in [0.3, 0.4) is 0 Å². The van der Waals surface area contributed by atoms with Crippen molar-refractivity contribution in [3.05, 3.63) is 35.9 Å². The number of amides is 2. The van der Waals surface area contributed by atoms with Gasteiger partial charge in [-0.05, 0) is 18.4 Å². The van der Waals surface area contributed by atoms with Gasteiger partial charge in [0.2, 0.25) is 11.8 Å². The van der Waals surface area contributed by atoms with Crippen LogP contribution in [0.4, 0.5) is 0 Å². The Bertz CT molecular complexity index is 476. The van der Waals surface area contributed by atoms with Gasteiger partial charge in [-0.25, -0.2) is 0 Å². The molecule has 5 nitrogen and oxygen atoms in total. The van der Waals surface area contributed by atoms with Crippen molar-refractivity contribution < 1.29 is 9.59 Å². The molecule has 0 bridgehead atoms. The van der Waals surface area contributed by atoms with Gasteiger partial charge in [-0.15, -0.1) is 0 Å². The van der Waals surface area contributed by atoms with Crippen LogP contribution >= 0.6 is 0 Å². The van der Waals surface area contributed by atoms with Crippen molar-refractivity contribution in [1.82, 2.24) is 10.2 Å². The molecule has 0 saturated carbocycles. The fraction of sp³-hybridized carbons (Fsp3) is 0.529. The normalized spacial score (nSPS) is 11.1. The van der Waals surface area contributed by atoms with E-state index in [4.69, 9.17) is 5.73 Å². The molecule has 0 spiro atoms. The summed E-state index contributed by atoms with van der Waals surface area (Å²) >= 11 is 0. The minimum absolute atomic E-state index is 0.0490. The van der Waals surface area contributed by atoms with Gasteiger partial charge in [-0.1, -0.05) is 44.2 Å². The van der Waals surface area contributed by atoms with Crippen LogP contribution in [0.15, 0.2) is 30.3 Å². The molecule has 0 saturated heterocycles. The average Bonchev–Trinajstić information content (AvgIpc) is 2.56. The minimum atomic E-state index is -0.561. The molecule has 0 aliphatic carbocycles. The second kappa shape index (κ2) is 8.54. The number of nitrogens with zero attached hydrogens (tertiary/aromatic N) is 1. The summed E-state index contributed by atoms with van der Waals surface area (Å²) in [6, 6.07) is 9.68. The lowest BCUT2D eigenvalue weighted by atomic mass is 9.81. The Balaban J connectivity index is 2.54. The number of carbonyl (C=O) groups is 2. The lowest BCUT2D eigenvalue weighted by molar-refractivity contribution is -0.143. The van der Waals surface area contributed by atoms with E-state index in [0.29, 0.717) is 25.9 Å². The van der Waals surface area contributed by atoms with Crippen LogP contribution in [-0.4, -0.2) is 36.9 Å². The van der Waals surface area contributed by atoms with E-state index in [9.17, 15) is 9.59 Å². The second-order valence-corrected chi connectivity index (χ2v) is 5.62. The number of nitrogens with two attached hydrogens (primary N) is 1. The maximum absolute atomic E-state index is 12.5. The molecule has 0 atom stereocenters. The van der Waals surface area contributed by atoms with E-state index in [0.717, 1.165) is 5.56 Å². The van der Waals surface area contributed by atoms with Gasteiger partial charge >= 0.3 is 0 Å². The Labute approximate surface area is 132 Å². The third-order valence-corrected chi connectivity index (χ3v) is 4.26. The van der Waals surface area contributed by atoms with Gasteiger partial charge in [0.15, 0.2) is 0 Å². The number of likely N-dealkylation sites (N-methyl/N-ethyl adjacent to an activating group) is 1. The molecule has 3 N–H and O–H groups in total. The van der Waals surface area contributed by atoms with Gasteiger partial charge in [-0.2, -0.15) is 0 Å². The highest BCUT2D eigenvalue weighted by molar-refractivity contribution is 5.87. The molecule has 1 aromatic rings. The molecule has 0 radical (unpaired) electrons. The van der Waals surface area contributed by atoms with Gasteiger partial charge in [-0.3, -0.25) is 9.59 Å². The number of hydrogen-bond donors (Lipinski definition) is 2. The van der Waals surface area contributed by atoms with Gasteiger partial charge in [0, 0.05) is 20.1 Å². The van der Waals surface area contributed by atoms with Crippen LogP contribution in [-0.2, 0) is 16.1 Å². The monoisotopic (exact) mass is 305 g/mol. The first kappa shape index (κ1) is 18.2. The smallest absolute Gasteiger partial charge is 0.239 e. The van der Waals surface area contributed by atoms with E-state index in [2.05, 4.69) is 5.32 Å². The Morgan fingerprint density at radius 1 is 1.18 bits per heavy atom. The van der Waals surface area contributed by atoms with Crippen molar-refractivity contribution in [2.24, 2.45) is 11.1 Å². The first-order valence-corrected chi connectivity index (χ1v) is 7.75. The highest BCUT2D eigenvalue weighted by Gasteiger charge is 2.36. The highest BCUT2D eigenvalue weighted by Crippen LogP contribution is 2.27. The van der Waals surface area contributed by atoms with Crippen LogP contribution in [0.25, 0.3) is 0 Å². The molecular weight excluding hydrogens is 278 g/mol. The highest BCUT2D eigenvalue weighted by atomic mass is 16.2. The SMILES string of the molecule is CCC(CC)(CN)C(=O)N(C)CC(=O)NCc1ccccc1. The zero-order chi connectivity index (χ0) is 16.6. The van der Waals surface area contributed by atoms with Gasteiger partial charge in [0.05, 0.1) is 12.0 Å². The Morgan fingerprint density at radius 3 is 2.27 bits per heavy atom. The van der Waals surface area contributed by atoms with Crippen molar-refractivity contribution >= 4 is 11.8 Å². The molecule has 0 fully saturated rings. The van der Waals surface area contributed by atoms with E-state index >= 15 is 0 Å². The predicted octanol–water partition coefficient (Wildman–Crippen LogP) is 1.53. The molecular formula is C17H27N3O2. The van der Waals surface area contributed by atoms with Crippen molar-refractivity contribution in [3.63, 3.8) is 0 Å². The van der Waals surface area contributed by atoms with Crippen molar-refractivity contribution in [2.75, 3.05) is 20.1 Å². The molecule has 0 unspecified atom stereocenters. The summed E-state index contributed by atoms with van der Waals surface area (Å²) in [5, 5.41) is 2.83. The minimum Gasteiger partial charge on any atom is -0.350 e. The maximum Gasteiger partial charge on any atom is 0.239 e. The summed E-state index contributed by atoms with van der Waals surface area (Å²) in [6.45, 7) is 4.72. The summed E-state index contributed by atoms with van der Waals surface area (Å²) in [5.74, 6) is -0.229.